The number of aromatic nitrogens is 3. The zero-order valence-electron chi connectivity index (χ0n) is 15.7. The number of carbonyl (C=O) groups is 1. The highest BCUT2D eigenvalue weighted by Crippen LogP contribution is 2.30. The number of amides is 2. The van der Waals surface area contributed by atoms with Crippen LogP contribution in [0.2, 0.25) is 0 Å². The Kier molecular flexibility index (Phi) is 4.42. The van der Waals surface area contributed by atoms with Gasteiger partial charge in [-0.3, -0.25) is 0 Å². The second kappa shape index (κ2) is 7.11. The van der Waals surface area contributed by atoms with Crippen LogP contribution in [0, 0.1) is 12.7 Å². The van der Waals surface area contributed by atoms with Crippen LogP contribution in [0.3, 0.4) is 0 Å². The van der Waals surface area contributed by atoms with Gasteiger partial charge in [-0.1, -0.05) is 0 Å². The summed E-state index contributed by atoms with van der Waals surface area (Å²) in [6.07, 6.45) is 1.58. The maximum atomic E-state index is 13.7. The minimum atomic E-state index is -0.348. The Morgan fingerprint density at radius 1 is 1.28 bits per heavy atom. The minimum Gasteiger partial charge on any atom is -0.484 e. The number of nitrogens with zero attached hydrogens (tertiary/aromatic N) is 5. The standard InChI is InChI=1S/C19H19FN6O2S/c1-11-21-3-2-17(23-11)25-6-13(7-25)24-19(27)26-8-14(9-26)28-15-4-12(20)5-16-18(15)22-10-29-16/h2-5,10,13-14H,6-9H2,1H3,(H,24,27). The lowest BCUT2D eigenvalue weighted by atomic mass is 10.1. The second-order valence-corrected chi connectivity index (χ2v) is 8.15. The van der Waals surface area contributed by atoms with Gasteiger partial charge in [0, 0.05) is 25.4 Å². The molecule has 1 N–H and O–H groups in total. The molecule has 0 aliphatic carbocycles. The molecule has 2 aromatic heterocycles. The molecule has 1 aromatic carbocycles. The molecule has 2 saturated heterocycles. The molecule has 0 spiro atoms. The summed E-state index contributed by atoms with van der Waals surface area (Å²) in [5, 5.41) is 3.03. The van der Waals surface area contributed by atoms with Gasteiger partial charge in [-0.25, -0.2) is 24.1 Å². The highest BCUT2D eigenvalue weighted by Gasteiger charge is 2.36. The number of fused-ring (bicyclic) bond motifs is 1. The predicted molar refractivity (Wildman–Crippen MR) is 107 cm³/mol. The van der Waals surface area contributed by atoms with Crippen molar-refractivity contribution in [1.29, 1.82) is 0 Å². The third-order valence-electron chi connectivity index (χ3n) is 5.09. The van der Waals surface area contributed by atoms with Crippen LogP contribution < -0.4 is 15.0 Å². The molecule has 150 valence electrons. The fourth-order valence-corrected chi connectivity index (χ4v) is 4.21. The van der Waals surface area contributed by atoms with Crippen molar-refractivity contribution >= 4 is 33.4 Å². The normalized spacial score (nSPS) is 17.2. The summed E-state index contributed by atoms with van der Waals surface area (Å²) in [6, 6.07) is 4.66. The topological polar surface area (TPSA) is 83.5 Å². The summed E-state index contributed by atoms with van der Waals surface area (Å²) in [5.74, 6) is 1.69. The van der Waals surface area contributed by atoms with E-state index in [0.717, 1.165) is 29.4 Å². The molecule has 0 bridgehead atoms. The number of anilines is 1. The summed E-state index contributed by atoms with van der Waals surface area (Å²) in [6.45, 7) is 4.24. The van der Waals surface area contributed by atoms with E-state index in [-0.39, 0.29) is 24.0 Å². The van der Waals surface area contributed by atoms with Crippen molar-refractivity contribution in [3.63, 3.8) is 0 Å². The maximum absolute atomic E-state index is 13.7. The monoisotopic (exact) mass is 414 g/mol. The van der Waals surface area contributed by atoms with Crippen molar-refractivity contribution in [2.75, 3.05) is 31.1 Å². The van der Waals surface area contributed by atoms with Crippen LogP contribution in [0.15, 0.2) is 29.9 Å². The number of thiazole rings is 1. The van der Waals surface area contributed by atoms with Crippen molar-refractivity contribution in [2.45, 2.75) is 19.1 Å². The van der Waals surface area contributed by atoms with Gasteiger partial charge in [-0.15, -0.1) is 11.3 Å². The molecule has 0 saturated carbocycles. The highest BCUT2D eigenvalue weighted by atomic mass is 32.1. The van der Waals surface area contributed by atoms with Gasteiger partial charge < -0.3 is 19.9 Å². The number of likely N-dealkylation sites (tertiary alicyclic amines) is 1. The van der Waals surface area contributed by atoms with Gasteiger partial charge in [-0.2, -0.15) is 0 Å². The average Bonchev–Trinajstić information content (AvgIpc) is 3.08. The Bertz CT molecular complexity index is 1060. The molecule has 8 nitrogen and oxygen atoms in total. The molecule has 3 aromatic rings. The Morgan fingerprint density at radius 3 is 2.90 bits per heavy atom. The molecule has 4 heterocycles. The average molecular weight is 414 g/mol. The number of benzene rings is 1. The number of hydrogen-bond acceptors (Lipinski definition) is 7. The third kappa shape index (κ3) is 3.55. The van der Waals surface area contributed by atoms with Gasteiger partial charge in [0.15, 0.2) is 0 Å². The SMILES string of the molecule is Cc1nccc(N2CC(NC(=O)N3CC(Oc4cc(F)cc5scnc45)C3)C2)n1. The molecule has 0 unspecified atom stereocenters. The molecule has 2 aliphatic heterocycles. The highest BCUT2D eigenvalue weighted by molar-refractivity contribution is 7.16. The van der Waals surface area contributed by atoms with Crippen molar-refractivity contribution in [1.82, 2.24) is 25.2 Å². The first-order valence-electron chi connectivity index (χ1n) is 9.34. The van der Waals surface area contributed by atoms with E-state index in [1.165, 1.54) is 23.5 Å². The lowest BCUT2D eigenvalue weighted by Gasteiger charge is -2.43. The number of aryl methyl sites for hydroxylation is 1. The van der Waals surface area contributed by atoms with Gasteiger partial charge in [0.25, 0.3) is 0 Å². The molecule has 2 amide bonds. The second-order valence-electron chi connectivity index (χ2n) is 7.26. The van der Waals surface area contributed by atoms with Crippen LogP contribution >= 0.6 is 11.3 Å². The minimum absolute atomic E-state index is 0.0931. The maximum Gasteiger partial charge on any atom is 0.317 e. The summed E-state index contributed by atoms with van der Waals surface area (Å²) in [5.41, 5.74) is 2.33. The van der Waals surface area contributed by atoms with E-state index in [4.69, 9.17) is 4.74 Å². The van der Waals surface area contributed by atoms with E-state index in [0.29, 0.717) is 24.4 Å². The molecule has 29 heavy (non-hydrogen) atoms. The van der Waals surface area contributed by atoms with Crippen LogP contribution in [-0.2, 0) is 0 Å². The van der Waals surface area contributed by atoms with E-state index in [1.54, 1.807) is 16.6 Å². The summed E-state index contributed by atoms with van der Waals surface area (Å²) in [7, 11) is 0. The van der Waals surface area contributed by atoms with E-state index in [1.807, 2.05) is 13.0 Å². The summed E-state index contributed by atoms with van der Waals surface area (Å²) in [4.78, 5) is 28.9. The van der Waals surface area contributed by atoms with Gasteiger partial charge in [0.05, 0.1) is 29.3 Å². The Balaban J connectivity index is 1.10. The van der Waals surface area contributed by atoms with Crippen LogP contribution in [0.25, 0.3) is 10.2 Å². The fraction of sp³-hybridized carbons (Fsp3) is 0.368. The first-order chi connectivity index (χ1) is 14.0. The number of carbonyl (C=O) groups excluding carboxylic acids is 1. The lowest BCUT2D eigenvalue weighted by Crippen LogP contribution is -2.65. The van der Waals surface area contributed by atoms with Crippen LogP contribution in [0.1, 0.15) is 5.82 Å². The third-order valence-corrected chi connectivity index (χ3v) is 5.87. The quantitative estimate of drug-likeness (QED) is 0.705. The Hall–Kier alpha value is -3.01. The molecule has 0 atom stereocenters. The number of urea groups is 1. The molecule has 10 heteroatoms. The summed E-state index contributed by atoms with van der Waals surface area (Å²) < 4.78 is 20.4. The molecular formula is C19H19FN6O2S. The zero-order valence-corrected chi connectivity index (χ0v) is 16.5. The lowest BCUT2D eigenvalue weighted by molar-refractivity contribution is 0.0438. The molecule has 0 radical (unpaired) electrons. The van der Waals surface area contributed by atoms with Crippen LogP contribution in [-0.4, -0.2) is 64.2 Å². The smallest absolute Gasteiger partial charge is 0.317 e. The van der Waals surface area contributed by atoms with Gasteiger partial charge in [0.2, 0.25) is 0 Å². The van der Waals surface area contributed by atoms with E-state index >= 15 is 0 Å². The van der Waals surface area contributed by atoms with E-state index in [2.05, 4.69) is 25.2 Å². The van der Waals surface area contributed by atoms with Crippen molar-refractivity contribution < 1.29 is 13.9 Å². The number of hydrogen-bond donors (Lipinski definition) is 1. The van der Waals surface area contributed by atoms with Crippen molar-refractivity contribution in [3.8, 4) is 5.75 Å². The van der Waals surface area contributed by atoms with Crippen molar-refractivity contribution in [3.05, 3.63) is 41.5 Å². The zero-order chi connectivity index (χ0) is 20.0. The molecule has 5 rings (SSSR count). The molecular weight excluding hydrogens is 395 g/mol. The largest absolute Gasteiger partial charge is 0.484 e. The van der Waals surface area contributed by atoms with Crippen molar-refractivity contribution in [2.24, 2.45) is 0 Å². The van der Waals surface area contributed by atoms with Crippen LogP contribution in [0.4, 0.5) is 15.0 Å². The number of ether oxygens (including phenoxy) is 1. The van der Waals surface area contributed by atoms with Gasteiger partial charge >= 0.3 is 6.03 Å². The van der Waals surface area contributed by atoms with E-state index < -0.39 is 0 Å². The first-order valence-corrected chi connectivity index (χ1v) is 10.2. The predicted octanol–water partition coefficient (Wildman–Crippen LogP) is 2.20. The molecule has 2 fully saturated rings. The number of halogens is 1. The first kappa shape index (κ1) is 18.0. The van der Waals surface area contributed by atoms with Crippen LogP contribution in [0.5, 0.6) is 5.75 Å². The Morgan fingerprint density at radius 2 is 2.10 bits per heavy atom. The van der Waals surface area contributed by atoms with Gasteiger partial charge in [0.1, 0.15) is 34.8 Å². The summed E-state index contributed by atoms with van der Waals surface area (Å²) >= 11 is 1.37. The fourth-order valence-electron chi connectivity index (χ4n) is 3.49. The molecule has 2 aliphatic rings. The van der Waals surface area contributed by atoms with E-state index in [9.17, 15) is 9.18 Å². The number of nitrogens with one attached hydrogen (secondary N) is 1. The van der Waals surface area contributed by atoms with Gasteiger partial charge in [-0.05, 0) is 19.1 Å². The number of rotatable bonds is 4. The Labute approximate surface area is 170 Å².